The Hall–Kier alpha value is -0.393. The smallest absolute Gasteiger partial charge is 0.207 e. The third kappa shape index (κ3) is 8.22. The van der Waals surface area contributed by atoms with Gasteiger partial charge in [-0.3, -0.25) is 4.79 Å². The Bertz CT molecular complexity index is 129. The van der Waals surface area contributed by atoms with Crippen molar-refractivity contribution in [1.82, 2.24) is 5.32 Å². The fraction of sp³-hybridized carbons (Fsp3) is 0.889. The number of hydrogen-bond acceptors (Lipinski definition) is 3. The predicted octanol–water partition coefficient (Wildman–Crippen LogP) is 0.0662. The number of hydrogen-bond donors (Lipinski definition) is 1. The highest BCUT2D eigenvalue weighted by Gasteiger charge is 2.07. The second-order valence-electron chi connectivity index (χ2n) is 2.91. The van der Waals surface area contributed by atoms with E-state index in [1.54, 1.807) is 0 Å². The van der Waals surface area contributed by atoms with Crippen molar-refractivity contribution in [2.45, 2.75) is 32.2 Å². The van der Waals surface area contributed by atoms with E-state index in [4.69, 9.17) is 9.47 Å². The molecule has 0 bridgehead atoms. The molecule has 0 rings (SSSR count). The lowest BCUT2D eigenvalue weighted by Gasteiger charge is -2.16. The third-order valence-corrected chi connectivity index (χ3v) is 3.65. The summed E-state index contributed by atoms with van der Waals surface area (Å²) in [6.45, 7) is 6.15. The summed E-state index contributed by atoms with van der Waals surface area (Å²) in [4.78, 5) is 9.96. The summed E-state index contributed by atoms with van der Waals surface area (Å²) in [5, 5.41) is 2.65. The minimum atomic E-state index is -0.325. The maximum atomic E-state index is 9.96. The molecule has 0 aromatic rings. The lowest BCUT2D eigenvalue weighted by Crippen LogP contribution is -2.25. The van der Waals surface area contributed by atoms with E-state index < -0.39 is 0 Å². The minimum Gasteiger partial charge on any atom is -0.359 e. The van der Waals surface area contributed by atoms with Crippen molar-refractivity contribution in [3.05, 3.63) is 0 Å². The van der Waals surface area contributed by atoms with Crippen molar-refractivity contribution < 1.29 is 14.3 Å². The van der Waals surface area contributed by atoms with Crippen LogP contribution in [0.3, 0.4) is 0 Å². The fourth-order valence-corrected chi connectivity index (χ4v) is 2.86. The molecule has 5 heteroatoms. The first-order valence-electron chi connectivity index (χ1n) is 5.25. The average Bonchev–Trinajstić information content (AvgIpc) is 2.18. The average molecular weight is 219 g/mol. The third-order valence-electron chi connectivity index (χ3n) is 1.80. The van der Waals surface area contributed by atoms with E-state index in [9.17, 15) is 4.79 Å². The molecular formula is C9H21NO3Si. The summed E-state index contributed by atoms with van der Waals surface area (Å²) in [6, 6.07) is 1.14. The van der Waals surface area contributed by atoms with Gasteiger partial charge >= 0.3 is 0 Å². The van der Waals surface area contributed by atoms with E-state index in [0.717, 1.165) is 25.4 Å². The van der Waals surface area contributed by atoms with Gasteiger partial charge in [-0.1, -0.05) is 6.04 Å². The molecule has 0 heterocycles. The van der Waals surface area contributed by atoms with Crippen molar-refractivity contribution in [3.8, 4) is 0 Å². The predicted molar refractivity (Wildman–Crippen MR) is 59.1 cm³/mol. The molecule has 0 fully saturated rings. The molecule has 0 atom stereocenters. The molecule has 14 heavy (non-hydrogen) atoms. The summed E-state index contributed by atoms with van der Waals surface area (Å²) in [6.07, 6.45) is 1.77. The Morgan fingerprint density at radius 1 is 1.36 bits per heavy atom. The lowest BCUT2D eigenvalue weighted by atomic mass is 10.5. The van der Waals surface area contributed by atoms with Gasteiger partial charge in [-0.25, -0.2) is 0 Å². The quantitative estimate of drug-likeness (QED) is 0.245. The summed E-state index contributed by atoms with van der Waals surface area (Å²) >= 11 is 0. The minimum absolute atomic E-state index is 0.0567. The number of amides is 1. The van der Waals surface area contributed by atoms with Crippen LogP contribution < -0.4 is 5.32 Å². The normalized spacial score (nSPS) is 11.4. The van der Waals surface area contributed by atoms with Crippen LogP contribution in [0.5, 0.6) is 0 Å². The van der Waals surface area contributed by atoms with Gasteiger partial charge in [-0.15, -0.1) is 0 Å². The van der Waals surface area contributed by atoms with Gasteiger partial charge < -0.3 is 14.8 Å². The molecule has 0 aliphatic rings. The first-order valence-corrected chi connectivity index (χ1v) is 7.07. The molecule has 0 radical (unpaired) electrons. The highest BCUT2D eigenvalue weighted by molar-refractivity contribution is 6.36. The van der Waals surface area contributed by atoms with Gasteiger partial charge in [0.25, 0.3) is 0 Å². The van der Waals surface area contributed by atoms with Gasteiger partial charge in [-0.2, -0.15) is 0 Å². The maximum Gasteiger partial charge on any atom is 0.207 e. The zero-order valence-corrected chi connectivity index (χ0v) is 10.5. The summed E-state index contributed by atoms with van der Waals surface area (Å²) < 4.78 is 10.9. The van der Waals surface area contributed by atoms with Crippen LogP contribution in [-0.4, -0.2) is 41.6 Å². The molecule has 0 aromatic carbocycles. The number of nitrogens with one attached hydrogen (secondary N) is 1. The molecular weight excluding hydrogens is 198 g/mol. The molecule has 0 saturated carbocycles. The number of carbonyl (C=O) groups is 1. The van der Waals surface area contributed by atoms with Crippen LogP contribution in [0.2, 0.25) is 6.04 Å². The molecule has 0 saturated heterocycles. The summed E-state index contributed by atoms with van der Waals surface area (Å²) in [5.74, 6) is 0.0567. The van der Waals surface area contributed by atoms with E-state index in [1.807, 2.05) is 13.8 Å². The topological polar surface area (TPSA) is 47.6 Å². The number of rotatable bonds is 10. The first kappa shape index (κ1) is 13.6. The van der Waals surface area contributed by atoms with Crippen LogP contribution in [0.25, 0.3) is 0 Å². The van der Waals surface area contributed by atoms with Crippen LogP contribution in [0, 0.1) is 0 Å². The Balaban J connectivity index is 3.34. The van der Waals surface area contributed by atoms with Gasteiger partial charge in [0.1, 0.15) is 5.91 Å². The molecule has 84 valence electrons. The molecule has 0 spiro atoms. The van der Waals surface area contributed by atoms with Crippen molar-refractivity contribution in [3.63, 3.8) is 0 Å². The second kappa shape index (κ2) is 10.7. The Labute approximate surface area is 88.2 Å². The fourth-order valence-electron chi connectivity index (χ4n) is 1.18. The Morgan fingerprint density at radius 2 is 2.00 bits per heavy atom. The van der Waals surface area contributed by atoms with Crippen LogP contribution in [0.4, 0.5) is 0 Å². The SMILES string of the molecule is CCOC(OCC)[SiH2]CCCNC=O. The van der Waals surface area contributed by atoms with Crippen LogP contribution in [-0.2, 0) is 14.3 Å². The molecule has 0 aromatic heterocycles. The zero-order valence-electron chi connectivity index (χ0n) is 9.12. The van der Waals surface area contributed by atoms with E-state index in [2.05, 4.69) is 5.32 Å². The highest BCUT2D eigenvalue weighted by atomic mass is 28.2. The van der Waals surface area contributed by atoms with Gasteiger partial charge in [0.2, 0.25) is 6.41 Å². The molecule has 0 aliphatic heterocycles. The van der Waals surface area contributed by atoms with Crippen LogP contribution in [0.1, 0.15) is 20.3 Å². The molecule has 4 nitrogen and oxygen atoms in total. The second-order valence-corrected chi connectivity index (χ2v) is 4.86. The largest absolute Gasteiger partial charge is 0.359 e. The molecule has 0 aliphatic carbocycles. The summed E-state index contributed by atoms with van der Waals surface area (Å²) in [5.41, 5.74) is 0. The van der Waals surface area contributed by atoms with Crippen molar-refractivity contribution >= 4 is 15.9 Å². The monoisotopic (exact) mass is 219 g/mol. The van der Waals surface area contributed by atoms with Crippen molar-refractivity contribution in [2.75, 3.05) is 19.8 Å². The van der Waals surface area contributed by atoms with Gasteiger partial charge in [0, 0.05) is 19.8 Å². The van der Waals surface area contributed by atoms with Gasteiger partial charge in [-0.05, 0) is 20.3 Å². The van der Waals surface area contributed by atoms with E-state index >= 15 is 0 Å². The van der Waals surface area contributed by atoms with E-state index in [-0.39, 0.29) is 15.4 Å². The zero-order chi connectivity index (χ0) is 10.6. The molecule has 1 amide bonds. The van der Waals surface area contributed by atoms with E-state index in [0.29, 0.717) is 13.2 Å². The van der Waals surface area contributed by atoms with Gasteiger partial charge in [0.15, 0.2) is 0 Å². The highest BCUT2D eigenvalue weighted by Crippen LogP contribution is 1.98. The van der Waals surface area contributed by atoms with Crippen molar-refractivity contribution in [1.29, 1.82) is 0 Å². The van der Waals surface area contributed by atoms with E-state index in [1.165, 1.54) is 0 Å². The van der Waals surface area contributed by atoms with Crippen LogP contribution in [0.15, 0.2) is 0 Å². The standard InChI is InChI=1S/C9H21NO3Si/c1-3-12-9(13-4-2)14-7-5-6-10-8-11/h8-9H,3-7,14H2,1-2H3,(H,10,11). The molecule has 0 unspecified atom stereocenters. The number of ether oxygens (including phenoxy) is 2. The van der Waals surface area contributed by atoms with Gasteiger partial charge in [0.05, 0.1) is 9.52 Å². The summed E-state index contributed by atoms with van der Waals surface area (Å²) in [7, 11) is -0.325. The van der Waals surface area contributed by atoms with Crippen molar-refractivity contribution in [2.24, 2.45) is 0 Å². The number of carbonyl (C=O) groups excluding carboxylic acids is 1. The first-order chi connectivity index (χ1) is 6.85. The van der Waals surface area contributed by atoms with Crippen LogP contribution >= 0.6 is 0 Å². The molecule has 1 N–H and O–H groups in total. The Morgan fingerprint density at radius 3 is 2.50 bits per heavy atom. The lowest BCUT2D eigenvalue weighted by molar-refractivity contribution is -0.109. The Kier molecular flexibility index (Phi) is 10.4. The maximum absolute atomic E-state index is 9.96.